The van der Waals surface area contributed by atoms with Crippen LogP contribution >= 0.6 is 0 Å². The minimum atomic E-state index is -0.890. The molecule has 0 spiro atoms. The Bertz CT molecular complexity index is 296. The van der Waals surface area contributed by atoms with E-state index in [0.717, 1.165) is 4.90 Å². The summed E-state index contributed by atoms with van der Waals surface area (Å²) in [6.45, 7) is 7.25. The number of amides is 3. The normalized spacial score (nSPS) is 27.1. The van der Waals surface area contributed by atoms with E-state index in [1.54, 1.807) is 6.92 Å². The molecule has 5 nitrogen and oxygen atoms in total. The maximum atomic E-state index is 12.0. The summed E-state index contributed by atoms with van der Waals surface area (Å²) in [4.78, 5) is 24.6. The van der Waals surface area contributed by atoms with Gasteiger partial charge in [0.25, 0.3) is 5.91 Å². The van der Waals surface area contributed by atoms with Gasteiger partial charge in [-0.3, -0.25) is 9.69 Å². The van der Waals surface area contributed by atoms with Crippen LogP contribution in [0.5, 0.6) is 0 Å². The van der Waals surface area contributed by atoms with Crippen molar-refractivity contribution in [1.29, 1.82) is 0 Å². The van der Waals surface area contributed by atoms with E-state index in [2.05, 4.69) is 5.32 Å². The van der Waals surface area contributed by atoms with Gasteiger partial charge in [-0.05, 0) is 12.3 Å². The van der Waals surface area contributed by atoms with E-state index in [1.165, 1.54) is 0 Å². The molecule has 3 amide bonds. The van der Waals surface area contributed by atoms with E-state index in [0.29, 0.717) is 0 Å². The number of carbonyl (C=O) groups is 2. The highest BCUT2D eigenvalue weighted by Crippen LogP contribution is 2.35. The van der Waals surface area contributed by atoms with Crippen LogP contribution in [0.15, 0.2) is 0 Å². The highest BCUT2D eigenvalue weighted by Gasteiger charge is 2.54. The molecule has 1 aliphatic rings. The zero-order valence-corrected chi connectivity index (χ0v) is 9.63. The van der Waals surface area contributed by atoms with Gasteiger partial charge in [-0.25, -0.2) is 4.79 Å². The number of imide groups is 1. The molecule has 15 heavy (non-hydrogen) atoms. The highest BCUT2D eigenvalue weighted by atomic mass is 16.3. The fourth-order valence-electron chi connectivity index (χ4n) is 1.51. The van der Waals surface area contributed by atoms with E-state index in [1.807, 2.05) is 20.8 Å². The third kappa shape index (κ3) is 1.71. The Morgan fingerprint density at radius 3 is 2.27 bits per heavy atom. The number of β-amino-alcohol motifs (C(OH)–C–C–N with tert-alkyl or cyclic N) is 1. The summed E-state index contributed by atoms with van der Waals surface area (Å²) in [5, 5.41) is 11.4. The zero-order chi connectivity index (χ0) is 11.9. The first kappa shape index (κ1) is 12.0. The molecule has 1 rings (SSSR count). The van der Waals surface area contributed by atoms with E-state index >= 15 is 0 Å². The van der Waals surface area contributed by atoms with Crippen molar-refractivity contribution in [3.8, 4) is 0 Å². The minimum absolute atomic E-state index is 0.0519. The van der Waals surface area contributed by atoms with Crippen molar-refractivity contribution in [3.05, 3.63) is 0 Å². The van der Waals surface area contributed by atoms with Crippen LogP contribution in [0, 0.1) is 5.41 Å². The van der Waals surface area contributed by atoms with Gasteiger partial charge in [-0.15, -0.1) is 0 Å². The number of aliphatic hydroxyl groups excluding tert-OH is 1. The summed E-state index contributed by atoms with van der Waals surface area (Å²) in [5.41, 5.74) is -1.25. The summed E-state index contributed by atoms with van der Waals surface area (Å²) in [6, 6.07) is -0.425. The molecule has 1 saturated heterocycles. The highest BCUT2D eigenvalue weighted by molar-refractivity contribution is 6.07. The second kappa shape index (κ2) is 3.48. The van der Waals surface area contributed by atoms with Crippen LogP contribution in [-0.4, -0.2) is 40.6 Å². The monoisotopic (exact) mass is 214 g/mol. The van der Waals surface area contributed by atoms with E-state index in [4.69, 9.17) is 5.11 Å². The molecule has 0 aromatic rings. The lowest BCUT2D eigenvalue weighted by Crippen LogP contribution is -2.54. The van der Waals surface area contributed by atoms with Gasteiger partial charge in [-0.2, -0.15) is 0 Å². The molecular weight excluding hydrogens is 196 g/mol. The van der Waals surface area contributed by atoms with Crippen LogP contribution in [-0.2, 0) is 4.79 Å². The predicted octanol–water partition coefficient (Wildman–Crippen LogP) is 0.335. The Balaban J connectivity index is 3.00. The van der Waals surface area contributed by atoms with E-state index in [9.17, 15) is 9.59 Å². The zero-order valence-electron chi connectivity index (χ0n) is 9.63. The standard InChI is InChI=1S/C10H18N2O3/c1-9(2,3)10(4)7(14)12(5-6-13)8(15)11-10/h13H,5-6H2,1-4H3,(H,11,15). The molecule has 1 unspecified atom stereocenters. The van der Waals surface area contributed by atoms with Gasteiger partial charge in [0, 0.05) is 0 Å². The summed E-state index contributed by atoms with van der Waals surface area (Å²) >= 11 is 0. The summed E-state index contributed by atoms with van der Waals surface area (Å²) < 4.78 is 0. The Hall–Kier alpha value is -1.10. The molecule has 0 saturated carbocycles. The van der Waals surface area contributed by atoms with E-state index in [-0.39, 0.29) is 24.5 Å². The summed E-state index contributed by atoms with van der Waals surface area (Å²) in [5.74, 6) is -0.269. The van der Waals surface area contributed by atoms with Crippen molar-refractivity contribution in [3.63, 3.8) is 0 Å². The molecule has 1 aliphatic heterocycles. The van der Waals surface area contributed by atoms with Gasteiger partial charge in [0.2, 0.25) is 0 Å². The van der Waals surface area contributed by atoms with Crippen LogP contribution < -0.4 is 5.32 Å². The lowest BCUT2D eigenvalue weighted by Gasteiger charge is -2.35. The Morgan fingerprint density at radius 1 is 1.40 bits per heavy atom. The third-order valence-electron chi connectivity index (χ3n) is 3.10. The maximum Gasteiger partial charge on any atom is 0.325 e. The second-order valence-corrected chi connectivity index (χ2v) is 4.99. The topological polar surface area (TPSA) is 69.6 Å². The van der Waals surface area contributed by atoms with Crippen LogP contribution in [0.2, 0.25) is 0 Å². The maximum absolute atomic E-state index is 12.0. The number of nitrogens with one attached hydrogen (secondary N) is 1. The third-order valence-corrected chi connectivity index (χ3v) is 3.10. The molecular formula is C10H18N2O3. The fraction of sp³-hybridized carbons (Fsp3) is 0.800. The van der Waals surface area contributed by atoms with E-state index < -0.39 is 11.6 Å². The van der Waals surface area contributed by atoms with Crippen molar-refractivity contribution in [2.24, 2.45) is 5.41 Å². The fourth-order valence-corrected chi connectivity index (χ4v) is 1.51. The van der Waals surface area contributed by atoms with Crippen molar-refractivity contribution in [2.75, 3.05) is 13.2 Å². The molecule has 2 N–H and O–H groups in total. The number of nitrogens with zero attached hydrogens (tertiary/aromatic N) is 1. The molecule has 5 heteroatoms. The van der Waals surface area contributed by atoms with Gasteiger partial charge in [-0.1, -0.05) is 20.8 Å². The molecule has 86 valence electrons. The van der Waals surface area contributed by atoms with Gasteiger partial charge in [0.1, 0.15) is 5.54 Å². The molecule has 0 aliphatic carbocycles. The second-order valence-electron chi connectivity index (χ2n) is 4.99. The number of hydrogen-bond acceptors (Lipinski definition) is 3. The average Bonchev–Trinajstić information content (AvgIpc) is 2.29. The molecule has 0 aromatic heterocycles. The van der Waals surface area contributed by atoms with Gasteiger partial charge in [0.05, 0.1) is 13.2 Å². The SMILES string of the molecule is CC(C)(C)C1(C)NC(=O)N(CCO)C1=O. The number of urea groups is 1. The largest absolute Gasteiger partial charge is 0.395 e. The van der Waals surface area contributed by atoms with Gasteiger partial charge in [0.15, 0.2) is 0 Å². The van der Waals surface area contributed by atoms with Crippen LogP contribution in [0.25, 0.3) is 0 Å². The molecule has 1 heterocycles. The van der Waals surface area contributed by atoms with Crippen LogP contribution in [0.1, 0.15) is 27.7 Å². The first-order chi connectivity index (χ1) is 6.74. The molecule has 0 bridgehead atoms. The molecule has 1 fully saturated rings. The van der Waals surface area contributed by atoms with Gasteiger partial charge >= 0.3 is 6.03 Å². The van der Waals surface area contributed by atoms with Crippen LogP contribution in [0.3, 0.4) is 0 Å². The van der Waals surface area contributed by atoms with Crippen molar-refractivity contribution in [1.82, 2.24) is 10.2 Å². The molecule has 1 atom stereocenters. The summed E-state index contributed by atoms with van der Waals surface area (Å²) in [7, 11) is 0. The predicted molar refractivity (Wildman–Crippen MR) is 55.2 cm³/mol. The smallest absolute Gasteiger partial charge is 0.325 e. The quantitative estimate of drug-likeness (QED) is 0.651. The Labute approximate surface area is 89.4 Å². The Kier molecular flexibility index (Phi) is 2.78. The molecule has 0 aromatic carbocycles. The number of hydrogen-bond donors (Lipinski definition) is 2. The lowest BCUT2D eigenvalue weighted by molar-refractivity contribution is -0.134. The van der Waals surface area contributed by atoms with Gasteiger partial charge < -0.3 is 10.4 Å². The molecule has 0 radical (unpaired) electrons. The Morgan fingerprint density at radius 2 is 1.93 bits per heavy atom. The van der Waals surface area contributed by atoms with Crippen molar-refractivity contribution in [2.45, 2.75) is 33.2 Å². The first-order valence-electron chi connectivity index (χ1n) is 4.99. The van der Waals surface area contributed by atoms with Crippen LogP contribution in [0.4, 0.5) is 4.79 Å². The number of aliphatic hydroxyl groups is 1. The number of carbonyl (C=O) groups excluding carboxylic acids is 2. The minimum Gasteiger partial charge on any atom is -0.395 e. The first-order valence-corrected chi connectivity index (χ1v) is 4.99. The summed E-state index contributed by atoms with van der Waals surface area (Å²) in [6.07, 6.45) is 0. The van der Waals surface area contributed by atoms with Crippen molar-refractivity contribution < 1.29 is 14.7 Å². The van der Waals surface area contributed by atoms with Crippen molar-refractivity contribution >= 4 is 11.9 Å². The number of rotatable bonds is 2. The lowest BCUT2D eigenvalue weighted by atomic mass is 9.75. The average molecular weight is 214 g/mol.